The molecule has 3 aliphatic rings. The highest BCUT2D eigenvalue weighted by Crippen LogP contribution is 2.48. The van der Waals surface area contributed by atoms with Crippen LogP contribution in [0.15, 0.2) is 24.3 Å². The Bertz CT molecular complexity index is 600. The highest BCUT2D eigenvalue weighted by atomic mass is 16.3. The molecule has 1 aromatic carbocycles. The summed E-state index contributed by atoms with van der Waals surface area (Å²) in [6.45, 7) is 2.29. The number of fused-ring (bicyclic) bond motifs is 2. The maximum atomic E-state index is 12.6. The van der Waals surface area contributed by atoms with Crippen LogP contribution in [0.5, 0.6) is 0 Å². The van der Waals surface area contributed by atoms with Gasteiger partial charge in [0.1, 0.15) is 0 Å². The summed E-state index contributed by atoms with van der Waals surface area (Å²) in [5, 5.41) is 15.9. The standard InChI is InChI=1S/C19H27N3O2/c23-12-15-13-7-8-14(11-13)18(15)21-19(24)20-16-5-1-2-6-17(16)22-9-3-4-10-22/h1-2,5-6,13-15,18,23H,3-4,7-12H2,(H2,20,21,24)/t13-,14-,15-,18+/m0/s1. The van der Waals surface area contributed by atoms with Gasteiger partial charge in [0, 0.05) is 31.7 Å². The van der Waals surface area contributed by atoms with E-state index in [-0.39, 0.29) is 24.6 Å². The molecule has 4 rings (SSSR count). The highest BCUT2D eigenvalue weighted by Gasteiger charge is 2.47. The number of hydrogen-bond donors (Lipinski definition) is 3. The Hall–Kier alpha value is -1.75. The number of aliphatic hydroxyl groups is 1. The van der Waals surface area contributed by atoms with Gasteiger partial charge in [0.15, 0.2) is 0 Å². The normalized spacial score (nSPS) is 31.5. The van der Waals surface area contributed by atoms with E-state index in [9.17, 15) is 9.90 Å². The molecule has 3 N–H and O–H groups in total. The van der Waals surface area contributed by atoms with Crippen LogP contribution >= 0.6 is 0 Å². The molecule has 0 radical (unpaired) electrons. The van der Waals surface area contributed by atoms with E-state index in [1.165, 1.54) is 25.7 Å². The van der Waals surface area contributed by atoms with Gasteiger partial charge in [-0.05, 0) is 56.1 Å². The Morgan fingerprint density at radius 1 is 1.17 bits per heavy atom. The Labute approximate surface area is 143 Å². The third-order valence-corrected chi connectivity index (χ3v) is 6.20. The van der Waals surface area contributed by atoms with E-state index in [0.29, 0.717) is 11.8 Å². The summed E-state index contributed by atoms with van der Waals surface area (Å²) < 4.78 is 0. The topological polar surface area (TPSA) is 64.6 Å². The second-order valence-electron chi connectivity index (χ2n) is 7.52. The summed E-state index contributed by atoms with van der Waals surface area (Å²) in [4.78, 5) is 14.9. The van der Waals surface area contributed by atoms with Gasteiger partial charge in [-0.25, -0.2) is 4.79 Å². The molecule has 3 fully saturated rings. The number of hydrogen-bond acceptors (Lipinski definition) is 3. The number of carbonyl (C=O) groups excluding carboxylic acids is 1. The molecule has 1 heterocycles. The predicted molar refractivity (Wildman–Crippen MR) is 95.2 cm³/mol. The molecular weight excluding hydrogens is 302 g/mol. The number of benzene rings is 1. The van der Waals surface area contributed by atoms with E-state index < -0.39 is 0 Å². The minimum absolute atomic E-state index is 0.118. The monoisotopic (exact) mass is 329 g/mol. The van der Waals surface area contributed by atoms with Crippen LogP contribution in [0.25, 0.3) is 0 Å². The highest BCUT2D eigenvalue weighted by molar-refractivity contribution is 5.93. The van der Waals surface area contributed by atoms with Crippen LogP contribution in [0, 0.1) is 17.8 Å². The summed E-state index contributed by atoms with van der Waals surface area (Å²) in [5.74, 6) is 1.34. The number of nitrogens with one attached hydrogen (secondary N) is 2. The molecule has 5 nitrogen and oxygen atoms in total. The lowest BCUT2D eigenvalue weighted by molar-refractivity contribution is 0.146. The van der Waals surface area contributed by atoms with Gasteiger partial charge in [0.2, 0.25) is 0 Å². The zero-order valence-corrected chi connectivity index (χ0v) is 14.1. The van der Waals surface area contributed by atoms with Gasteiger partial charge < -0.3 is 20.6 Å². The van der Waals surface area contributed by atoms with E-state index in [1.54, 1.807) is 0 Å². The molecule has 1 saturated heterocycles. The van der Waals surface area contributed by atoms with Crippen LogP contribution in [0.2, 0.25) is 0 Å². The Kier molecular flexibility index (Phi) is 4.35. The fourth-order valence-corrected chi connectivity index (χ4v) is 5.02. The van der Waals surface area contributed by atoms with Crippen molar-refractivity contribution < 1.29 is 9.90 Å². The molecule has 130 valence electrons. The molecule has 2 amide bonds. The van der Waals surface area contributed by atoms with Crippen molar-refractivity contribution >= 4 is 17.4 Å². The minimum atomic E-state index is -0.141. The van der Waals surface area contributed by atoms with E-state index in [1.807, 2.05) is 18.2 Å². The maximum Gasteiger partial charge on any atom is 0.319 e. The summed E-state index contributed by atoms with van der Waals surface area (Å²) in [6, 6.07) is 8.01. The van der Waals surface area contributed by atoms with Gasteiger partial charge in [0.05, 0.1) is 11.4 Å². The molecular formula is C19H27N3O2. The molecule has 2 bridgehead atoms. The van der Waals surface area contributed by atoms with Gasteiger partial charge in [-0.3, -0.25) is 0 Å². The van der Waals surface area contributed by atoms with Crippen LogP contribution < -0.4 is 15.5 Å². The Morgan fingerprint density at radius 3 is 2.71 bits per heavy atom. The molecule has 5 heteroatoms. The zero-order valence-electron chi connectivity index (χ0n) is 14.1. The molecule has 0 unspecified atom stereocenters. The van der Waals surface area contributed by atoms with E-state index in [2.05, 4.69) is 21.6 Å². The lowest BCUT2D eigenvalue weighted by Gasteiger charge is -2.30. The molecule has 2 aliphatic carbocycles. The molecule has 4 atom stereocenters. The first-order chi connectivity index (χ1) is 11.8. The first kappa shape index (κ1) is 15.8. The van der Waals surface area contributed by atoms with E-state index in [0.717, 1.165) is 30.9 Å². The number of amides is 2. The predicted octanol–water partition coefficient (Wildman–Crippen LogP) is 2.82. The number of carbonyl (C=O) groups is 1. The van der Waals surface area contributed by atoms with Gasteiger partial charge in [0.25, 0.3) is 0 Å². The van der Waals surface area contributed by atoms with Crippen LogP contribution in [0.4, 0.5) is 16.2 Å². The quantitative estimate of drug-likeness (QED) is 0.796. The van der Waals surface area contributed by atoms with Crippen molar-refractivity contribution in [3.8, 4) is 0 Å². The average molecular weight is 329 g/mol. The average Bonchev–Trinajstić information content (AvgIpc) is 3.32. The third-order valence-electron chi connectivity index (χ3n) is 6.20. The Morgan fingerprint density at radius 2 is 1.92 bits per heavy atom. The molecule has 1 aromatic rings. The number of nitrogens with zero attached hydrogens (tertiary/aromatic N) is 1. The van der Waals surface area contributed by atoms with Crippen LogP contribution in [-0.2, 0) is 0 Å². The van der Waals surface area contributed by atoms with Crippen molar-refractivity contribution in [3.63, 3.8) is 0 Å². The van der Waals surface area contributed by atoms with Crippen molar-refractivity contribution in [1.29, 1.82) is 0 Å². The number of urea groups is 1. The van der Waals surface area contributed by atoms with Crippen molar-refractivity contribution in [2.75, 3.05) is 29.9 Å². The van der Waals surface area contributed by atoms with Crippen LogP contribution in [-0.4, -0.2) is 36.9 Å². The molecule has 0 spiro atoms. The van der Waals surface area contributed by atoms with Gasteiger partial charge in [-0.1, -0.05) is 12.1 Å². The van der Waals surface area contributed by atoms with Gasteiger partial charge in [-0.15, -0.1) is 0 Å². The van der Waals surface area contributed by atoms with E-state index >= 15 is 0 Å². The number of anilines is 2. The van der Waals surface area contributed by atoms with Crippen LogP contribution in [0.1, 0.15) is 32.1 Å². The van der Waals surface area contributed by atoms with Gasteiger partial charge >= 0.3 is 6.03 Å². The van der Waals surface area contributed by atoms with Crippen molar-refractivity contribution in [2.24, 2.45) is 17.8 Å². The van der Waals surface area contributed by atoms with E-state index in [4.69, 9.17) is 0 Å². The van der Waals surface area contributed by atoms with Crippen LogP contribution in [0.3, 0.4) is 0 Å². The third kappa shape index (κ3) is 2.86. The Balaban J connectivity index is 1.43. The minimum Gasteiger partial charge on any atom is -0.396 e. The fourth-order valence-electron chi connectivity index (χ4n) is 5.02. The lowest BCUT2D eigenvalue weighted by atomic mass is 9.85. The fraction of sp³-hybridized carbons (Fsp3) is 0.632. The molecule has 1 aliphatic heterocycles. The lowest BCUT2D eigenvalue weighted by Crippen LogP contribution is -2.47. The van der Waals surface area contributed by atoms with Gasteiger partial charge in [-0.2, -0.15) is 0 Å². The maximum absolute atomic E-state index is 12.6. The van der Waals surface area contributed by atoms with Crippen molar-refractivity contribution in [2.45, 2.75) is 38.1 Å². The second-order valence-corrected chi connectivity index (χ2v) is 7.52. The van der Waals surface area contributed by atoms with Crippen molar-refractivity contribution in [3.05, 3.63) is 24.3 Å². The number of para-hydroxylation sites is 2. The smallest absolute Gasteiger partial charge is 0.319 e. The second kappa shape index (κ2) is 6.63. The first-order valence-corrected chi connectivity index (χ1v) is 9.28. The number of aliphatic hydroxyl groups excluding tert-OH is 1. The summed E-state index contributed by atoms with van der Waals surface area (Å²) in [7, 11) is 0. The summed E-state index contributed by atoms with van der Waals surface area (Å²) in [5.41, 5.74) is 1.98. The SMILES string of the molecule is O=C(Nc1ccccc1N1CCCC1)N[C@@H]1[C@H]2CC[C@@H](C2)[C@@H]1CO. The molecule has 0 aromatic heterocycles. The summed E-state index contributed by atoms with van der Waals surface area (Å²) in [6.07, 6.45) is 5.96. The van der Waals surface area contributed by atoms with Crippen molar-refractivity contribution in [1.82, 2.24) is 5.32 Å². The molecule has 2 saturated carbocycles. The first-order valence-electron chi connectivity index (χ1n) is 9.28. The number of rotatable bonds is 4. The zero-order chi connectivity index (χ0) is 16.5. The molecule has 24 heavy (non-hydrogen) atoms. The largest absolute Gasteiger partial charge is 0.396 e. The summed E-state index contributed by atoms with van der Waals surface area (Å²) >= 11 is 0.